The summed E-state index contributed by atoms with van der Waals surface area (Å²) in [5.74, 6) is -0.515. The van der Waals surface area contributed by atoms with Crippen LogP contribution in [0.25, 0.3) is 0 Å². The van der Waals surface area contributed by atoms with Crippen molar-refractivity contribution < 1.29 is 13.2 Å². The molecule has 0 radical (unpaired) electrons. The van der Waals surface area contributed by atoms with Crippen molar-refractivity contribution in [3.63, 3.8) is 0 Å². The molecular weight excluding hydrogens is 283 g/mol. The fourth-order valence-corrected chi connectivity index (χ4v) is 3.47. The molecule has 1 saturated carbocycles. The molecule has 2 unspecified atom stereocenters. The van der Waals surface area contributed by atoms with Crippen molar-refractivity contribution in [2.45, 2.75) is 58.0 Å². The molecule has 0 amide bonds. The Bertz CT molecular complexity index is 536. The highest BCUT2D eigenvalue weighted by Gasteiger charge is 2.44. The predicted molar refractivity (Wildman–Crippen MR) is 70.2 cm³/mol. The third-order valence-corrected chi connectivity index (χ3v) is 4.91. The van der Waals surface area contributed by atoms with E-state index in [4.69, 9.17) is 5.73 Å². The van der Waals surface area contributed by atoms with Crippen LogP contribution < -0.4 is 5.73 Å². The van der Waals surface area contributed by atoms with Gasteiger partial charge in [0, 0.05) is 25.2 Å². The molecule has 1 aliphatic carbocycles. The zero-order valence-electron chi connectivity index (χ0n) is 12.2. The normalized spacial score (nSPS) is 29.6. The Labute approximate surface area is 121 Å². The Morgan fingerprint density at radius 2 is 1.95 bits per heavy atom. The van der Waals surface area contributed by atoms with E-state index in [0.717, 1.165) is 12.8 Å². The maximum absolute atomic E-state index is 12.8. The summed E-state index contributed by atoms with van der Waals surface area (Å²) in [5, 5.41) is 7.02. The molecule has 118 valence electrons. The van der Waals surface area contributed by atoms with E-state index in [1.54, 1.807) is 0 Å². The van der Waals surface area contributed by atoms with Crippen molar-refractivity contribution in [1.82, 2.24) is 19.7 Å². The zero-order valence-corrected chi connectivity index (χ0v) is 12.2. The van der Waals surface area contributed by atoms with E-state index < -0.39 is 12.0 Å². The molecule has 0 spiro atoms. The smallest absolute Gasteiger partial charge is 0.326 e. The van der Waals surface area contributed by atoms with Gasteiger partial charge in [-0.1, -0.05) is 13.8 Å². The van der Waals surface area contributed by atoms with Crippen LogP contribution >= 0.6 is 0 Å². The summed E-state index contributed by atoms with van der Waals surface area (Å²) in [4.78, 5) is 2.16. The third-order valence-electron chi connectivity index (χ3n) is 4.91. The predicted octanol–water partition coefficient (Wildman–Crippen LogP) is 1.63. The van der Waals surface area contributed by atoms with Crippen LogP contribution in [0.15, 0.2) is 0 Å². The summed E-state index contributed by atoms with van der Waals surface area (Å²) >= 11 is 0. The molecule has 2 aliphatic rings. The van der Waals surface area contributed by atoms with E-state index in [1.807, 2.05) is 0 Å². The summed E-state index contributed by atoms with van der Waals surface area (Å²) in [5.41, 5.74) is 6.39. The van der Waals surface area contributed by atoms with Gasteiger partial charge in [0.2, 0.25) is 5.82 Å². The van der Waals surface area contributed by atoms with Crippen LogP contribution in [0.2, 0.25) is 0 Å². The van der Waals surface area contributed by atoms with Gasteiger partial charge in [-0.05, 0) is 18.3 Å². The number of aromatic nitrogens is 3. The lowest BCUT2D eigenvalue weighted by atomic mass is 9.87. The summed E-state index contributed by atoms with van der Waals surface area (Å²) in [6, 6.07) is 0.244. The maximum atomic E-state index is 12.8. The number of fused-ring (bicyclic) bond motifs is 1. The third kappa shape index (κ3) is 2.44. The fourth-order valence-electron chi connectivity index (χ4n) is 3.47. The Balaban J connectivity index is 1.79. The standard InChI is InChI=1S/C13H20F3N5/c1-12(2)4-3-8(10(12)17)20-5-6-21-9(7-20)18-19-11(21)13(14,15)16/h8,10H,3-7,17H2,1-2H3. The van der Waals surface area contributed by atoms with Crippen molar-refractivity contribution in [1.29, 1.82) is 0 Å². The summed E-state index contributed by atoms with van der Waals surface area (Å²) < 4.78 is 39.6. The van der Waals surface area contributed by atoms with Crippen LogP contribution in [0, 0.1) is 5.41 Å². The second-order valence-corrected chi connectivity index (χ2v) is 6.68. The summed E-state index contributed by atoms with van der Waals surface area (Å²) in [7, 11) is 0. The van der Waals surface area contributed by atoms with Crippen molar-refractivity contribution in [3.05, 3.63) is 11.6 Å². The maximum Gasteiger partial charge on any atom is 0.451 e. The van der Waals surface area contributed by atoms with Crippen molar-refractivity contribution in [2.75, 3.05) is 6.54 Å². The van der Waals surface area contributed by atoms with Gasteiger partial charge in [-0.25, -0.2) is 0 Å². The molecule has 5 nitrogen and oxygen atoms in total. The van der Waals surface area contributed by atoms with Crippen LogP contribution in [0.3, 0.4) is 0 Å². The molecule has 3 rings (SSSR count). The molecule has 0 bridgehead atoms. The van der Waals surface area contributed by atoms with E-state index in [0.29, 0.717) is 18.9 Å². The molecule has 1 aromatic rings. The zero-order chi connectivity index (χ0) is 15.4. The lowest BCUT2D eigenvalue weighted by Gasteiger charge is -2.37. The topological polar surface area (TPSA) is 60.0 Å². The van der Waals surface area contributed by atoms with Crippen molar-refractivity contribution in [3.8, 4) is 0 Å². The number of hydrogen-bond donors (Lipinski definition) is 1. The fraction of sp³-hybridized carbons (Fsp3) is 0.846. The first-order valence-electron chi connectivity index (χ1n) is 7.19. The van der Waals surface area contributed by atoms with Gasteiger partial charge in [-0.3, -0.25) is 4.90 Å². The number of rotatable bonds is 1. The first-order valence-corrected chi connectivity index (χ1v) is 7.19. The highest BCUT2D eigenvalue weighted by Crippen LogP contribution is 2.39. The van der Waals surface area contributed by atoms with Crippen LogP contribution in [-0.2, 0) is 19.3 Å². The molecule has 1 fully saturated rings. The van der Waals surface area contributed by atoms with E-state index in [9.17, 15) is 13.2 Å². The average molecular weight is 303 g/mol. The Morgan fingerprint density at radius 1 is 1.24 bits per heavy atom. The first kappa shape index (κ1) is 14.8. The van der Waals surface area contributed by atoms with E-state index in [-0.39, 0.29) is 24.0 Å². The van der Waals surface area contributed by atoms with Gasteiger partial charge in [0.25, 0.3) is 0 Å². The Kier molecular flexibility index (Phi) is 3.29. The summed E-state index contributed by atoms with van der Waals surface area (Å²) in [6.45, 7) is 5.50. The van der Waals surface area contributed by atoms with Gasteiger partial charge >= 0.3 is 6.18 Å². The molecule has 0 saturated heterocycles. The molecule has 1 aliphatic heterocycles. The highest BCUT2D eigenvalue weighted by molar-refractivity contribution is 5.06. The van der Waals surface area contributed by atoms with Crippen LogP contribution in [0.1, 0.15) is 38.3 Å². The number of halogens is 3. The number of alkyl halides is 3. The molecule has 2 heterocycles. The monoisotopic (exact) mass is 303 g/mol. The molecule has 21 heavy (non-hydrogen) atoms. The van der Waals surface area contributed by atoms with Gasteiger partial charge in [0.05, 0.1) is 6.54 Å². The Hall–Kier alpha value is -1.15. The SMILES string of the molecule is CC1(C)CCC(N2CCn3c(nnc3C(F)(F)F)C2)C1N. The molecule has 2 atom stereocenters. The molecular formula is C13H20F3N5. The minimum Gasteiger partial charge on any atom is -0.326 e. The van der Waals surface area contributed by atoms with Crippen LogP contribution in [-0.4, -0.2) is 38.3 Å². The largest absolute Gasteiger partial charge is 0.451 e. The molecule has 8 heteroatoms. The molecule has 0 aromatic carbocycles. The highest BCUT2D eigenvalue weighted by atomic mass is 19.4. The Morgan fingerprint density at radius 3 is 2.52 bits per heavy atom. The molecule has 1 aromatic heterocycles. The van der Waals surface area contributed by atoms with Crippen molar-refractivity contribution in [2.24, 2.45) is 11.1 Å². The van der Waals surface area contributed by atoms with Gasteiger partial charge < -0.3 is 10.3 Å². The van der Waals surface area contributed by atoms with Crippen molar-refractivity contribution >= 4 is 0 Å². The van der Waals surface area contributed by atoms with E-state index in [2.05, 4.69) is 28.9 Å². The number of hydrogen-bond acceptors (Lipinski definition) is 4. The minimum atomic E-state index is -4.45. The average Bonchev–Trinajstić information content (AvgIpc) is 2.91. The first-order chi connectivity index (χ1) is 9.70. The number of nitrogens with two attached hydrogens (primary N) is 1. The molecule has 2 N–H and O–H groups in total. The van der Waals surface area contributed by atoms with E-state index in [1.165, 1.54) is 4.57 Å². The summed E-state index contributed by atoms with van der Waals surface area (Å²) in [6.07, 6.45) is -2.43. The quantitative estimate of drug-likeness (QED) is 0.856. The second kappa shape index (κ2) is 4.67. The van der Waals surface area contributed by atoms with E-state index >= 15 is 0 Å². The van der Waals surface area contributed by atoms with Gasteiger partial charge in [-0.15, -0.1) is 10.2 Å². The van der Waals surface area contributed by atoms with Gasteiger partial charge in [-0.2, -0.15) is 13.2 Å². The lowest BCUT2D eigenvalue weighted by Crippen LogP contribution is -2.51. The lowest BCUT2D eigenvalue weighted by molar-refractivity contribution is -0.148. The second-order valence-electron chi connectivity index (χ2n) is 6.68. The van der Waals surface area contributed by atoms with Gasteiger partial charge in [0.15, 0.2) is 0 Å². The van der Waals surface area contributed by atoms with Crippen LogP contribution in [0.5, 0.6) is 0 Å². The van der Waals surface area contributed by atoms with Gasteiger partial charge in [0.1, 0.15) is 5.82 Å². The minimum absolute atomic E-state index is 0.0362. The number of nitrogens with zero attached hydrogens (tertiary/aromatic N) is 4. The van der Waals surface area contributed by atoms with Crippen LogP contribution in [0.4, 0.5) is 13.2 Å².